The molecule has 0 aliphatic carbocycles. The second kappa shape index (κ2) is 7.19. The van der Waals surface area contributed by atoms with E-state index in [9.17, 15) is 8.42 Å². The molecule has 3 nitrogen and oxygen atoms in total. The number of nitrogens with zero attached hydrogens (tertiary/aromatic N) is 1. The van der Waals surface area contributed by atoms with Crippen molar-refractivity contribution in [3.63, 3.8) is 0 Å². The Morgan fingerprint density at radius 3 is 2.14 bits per heavy atom. The maximum atomic E-state index is 13.6. The van der Waals surface area contributed by atoms with Crippen molar-refractivity contribution >= 4 is 10.0 Å². The Morgan fingerprint density at radius 1 is 0.786 bits per heavy atom. The Bertz CT molecular complexity index is 1120. The predicted octanol–water partition coefficient (Wildman–Crippen LogP) is 4.95. The molecule has 0 spiro atoms. The first kappa shape index (κ1) is 18.9. The molecule has 0 N–H and O–H groups in total. The number of hydrogen-bond acceptors (Lipinski definition) is 2. The zero-order chi connectivity index (χ0) is 19.9. The lowest BCUT2D eigenvalue weighted by molar-refractivity contribution is 0.342. The van der Waals surface area contributed by atoms with Crippen molar-refractivity contribution in [1.29, 1.82) is 0 Å². The molecule has 0 saturated heterocycles. The number of hydrogen-bond donors (Lipinski definition) is 0. The van der Waals surface area contributed by atoms with Crippen LogP contribution in [0.1, 0.15) is 39.4 Å². The topological polar surface area (TPSA) is 37.4 Å². The molecule has 0 bridgehead atoms. The van der Waals surface area contributed by atoms with Gasteiger partial charge in [0, 0.05) is 6.54 Å². The molecule has 0 aromatic heterocycles. The maximum Gasteiger partial charge on any atom is 0.243 e. The van der Waals surface area contributed by atoms with Gasteiger partial charge in [0.2, 0.25) is 10.0 Å². The number of benzene rings is 3. The molecule has 144 valence electrons. The first-order valence-corrected chi connectivity index (χ1v) is 11.1. The lowest BCUT2D eigenvalue weighted by atomic mass is 9.86. The summed E-state index contributed by atoms with van der Waals surface area (Å²) in [5.74, 6) is 0. The summed E-state index contributed by atoms with van der Waals surface area (Å²) in [5.41, 5.74) is 6.79. The van der Waals surface area contributed by atoms with Gasteiger partial charge in [-0.15, -0.1) is 0 Å². The first-order valence-electron chi connectivity index (χ1n) is 9.62. The average molecular weight is 392 g/mol. The van der Waals surface area contributed by atoms with Crippen LogP contribution in [0.3, 0.4) is 0 Å². The molecule has 1 heterocycles. The van der Waals surface area contributed by atoms with Crippen molar-refractivity contribution in [1.82, 2.24) is 4.31 Å². The quantitative estimate of drug-likeness (QED) is 0.634. The molecule has 1 aliphatic rings. The van der Waals surface area contributed by atoms with Crippen molar-refractivity contribution in [2.45, 2.75) is 38.1 Å². The fraction of sp³-hybridized carbons (Fsp3) is 0.250. The van der Waals surface area contributed by atoms with E-state index in [1.54, 1.807) is 16.4 Å². The van der Waals surface area contributed by atoms with Crippen LogP contribution in [0.4, 0.5) is 0 Å². The van der Waals surface area contributed by atoms with Crippen LogP contribution in [0.2, 0.25) is 0 Å². The fourth-order valence-electron chi connectivity index (χ4n) is 4.15. The van der Waals surface area contributed by atoms with Gasteiger partial charge in [-0.1, -0.05) is 60.2 Å². The van der Waals surface area contributed by atoms with Gasteiger partial charge in [0.1, 0.15) is 0 Å². The van der Waals surface area contributed by atoms with Crippen LogP contribution in [0.5, 0.6) is 0 Å². The summed E-state index contributed by atoms with van der Waals surface area (Å²) in [7, 11) is -3.62. The lowest BCUT2D eigenvalue weighted by Gasteiger charge is -2.38. The average Bonchev–Trinajstić information content (AvgIpc) is 2.68. The van der Waals surface area contributed by atoms with E-state index in [-0.39, 0.29) is 6.04 Å². The molecular weight excluding hydrogens is 366 g/mol. The Morgan fingerprint density at radius 2 is 1.43 bits per heavy atom. The standard InChI is InChI=1S/C24H25NO2S/c1-17-11-13-20(14-12-17)28(26,27)25-16-15-21-18(2)8-6-10-23(21)24(25)22-9-5-4-7-19(22)3/h4-14,24H,15-16H2,1-3H3. The minimum Gasteiger partial charge on any atom is -0.207 e. The van der Waals surface area contributed by atoms with Crippen LogP contribution in [-0.4, -0.2) is 19.3 Å². The van der Waals surface area contributed by atoms with E-state index in [4.69, 9.17) is 0 Å². The third-order valence-corrected chi connectivity index (χ3v) is 7.60. The fourth-order valence-corrected chi connectivity index (χ4v) is 5.74. The molecule has 0 fully saturated rings. The highest BCUT2D eigenvalue weighted by Gasteiger charge is 2.38. The number of rotatable bonds is 3. The van der Waals surface area contributed by atoms with Gasteiger partial charge in [-0.25, -0.2) is 8.42 Å². The van der Waals surface area contributed by atoms with Gasteiger partial charge in [-0.3, -0.25) is 0 Å². The van der Waals surface area contributed by atoms with Crippen molar-refractivity contribution in [3.05, 3.63) is 100 Å². The normalized spacial score (nSPS) is 17.3. The van der Waals surface area contributed by atoms with E-state index in [0.29, 0.717) is 11.4 Å². The summed E-state index contributed by atoms with van der Waals surface area (Å²) in [6.07, 6.45) is 0.732. The summed E-state index contributed by atoms with van der Waals surface area (Å²) >= 11 is 0. The molecule has 28 heavy (non-hydrogen) atoms. The van der Waals surface area contributed by atoms with E-state index in [0.717, 1.165) is 28.7 Å². The van der Waals surface area contributed by atoms with E-state index in [1.165, 1.54) is 11.1 Å². The van der Waals surface area contributed by atoms with Crippen molar-refractivity contribution < 1.29 is 8.42 Å². The first-order chi connectivity index (χ1) is 13.4. The predicted molar refractivity (Wildman–Crippen MR) is 113 cm³/mol. The Kier molecular flexibility index (Phi) is 4.86. The van der Waals surface area contributed by atoms with Gasteiger partial charge >= 0.3 is 0 Å². The zero-order valence-corrected chi connectivity index (χ0v) is 17.3. The molecule has 3 aromatic rings. The summed E-state index contributed by atoms with van der Waals surface area (Å²) in [5, 5.41) is 0. The summed E-state index contributed by atoms with van der Waals surface area (Å²) in [6, 6.07) is 21.1. The molecule has 1 atom stereocenters. The summed E-state index contributed by atoms with van der Waals surface area (Å²) in [4.78, 5) is 0.354. The molecule has 0 saturated carbocycles. The highest BCUT2D eigenvalue weighted by Crippen LogP contribution is 2.40. The maximum absolute atomic E-state index is 13.6. The molecule has 0 amide bonds. The number of fused-ring (bicyclic) bond motifs is 1. The van der Waals surface area contributed by atoms with Gasteiger partial charge in [0.15, 0.2) is 0 Å². The SMILES string of the molecule is Cc1ccc(S(=O)(=O)N2CCc3c(C)cccc3C2c2ccccc2C)cc1. The second-order valence-electron chi connectivity index (χ2n) is 7.58. The monoisotopic (exact) mass is 391 g/mol. The van der Waals surface area contributed by atoms with Crippen LogP contribution in [0, 0.1) is 20.8 Å². The van der Waals surface area contributed by atoms with E-state index in [1.807, 2.05) is 37.3 Å². The zero-order valence-electron chi connectivity index (χ0n) is 16.5. The Labute approximate surface area is 167 Å². The molecule has 0 radical (unpaired) electrons. The van der Waals surface area contributed by atoms with Crippen LogP contribution in [-0.2, 0) is 16.4 Å². The van der Waals surface area contributed by atoms with Crippen molar-refractivity contribution in [3.8, 4) is 0 Å². The van der Waals surface area contributed by atoms with Crippen LogP contribution in [0.15, 0.2) is 71.6 Å². The Balaban J connectivity index is 1.91. The third-order valence-electron chi connectivity index (χ3n) is 5.72. The molecule has 1 aliphatic heterocycles. The van der Waals surface area contributed by atoms with Gasteiger partial charge in [-0.2, -0.15) is 4.31 Å². The van der Waals surface area contributed by atoms with E-state index < -0.39 is 10.0 Å². The molecule has 1 unspecified atom stereocenters. The third kappa shape index (κ3) is 3.17. The van der Waals surface area contributed by atoms with E-state index in [2.05, 4.69) is 38.1 Å². The second-order valence-corrected chi connectivity index (χ2v) is 9.47. The summed E-state index contributed by atoms with van der Waals surface area (Å²) in [6.45, 7) is 6.60. The minimum atomic E-state index is -3.62. The van der Waals surface area contributed by atoms with Crippen LogP contribution < -0.4 is 0 Å². The molecule has 4 rings (SSSR count). The highest BCUT2D eigenvalue weighted by atomic mass is 32.2. The van der Waals surface area contributed by atoms with Gasteiger partial charge in [0.25, 0.3) is 0 Å². The van der Waals surface area contributed by atoms with Crippen LogP contribution >= 0.6 is 0 Å². The molecule has 4 heteroatoms. The van der Waals surface area contributed by atoms with E-state index >= 15 is 0 Å². The van der Waals surface area contributed by atoms with Crippen LogP contribution in [0.25, 0.3) is 0 Å². The van der Waals surface area contributed by atoms with Gasteiger partial charge in [0.05, 0.1) is 10.9 Å². The van der Waals surface area contributed by atoms with Gasteiger partial charge < -0.3 is 0 Å². The largest absolute Gasteiger partial charge is 0.243 e. The smallest absolute Gasteiger partial charge is 0.207 e. The van der Waals surface area contributed by atoms with Crippen molar-refractivity contribution in [2.75, 3.05) is 6.54 Å². The van der Waals surface area contributed by atoms with Gasteiger partial charge in [-0.05, 0) is 67.1 Å². The Hall–Kier alpha value is -2.43. The highest BCUT2D eigenvalue weighted by molar-refractivity contribution is 7.89. The number of sulfonamides is 1. The molecule has 3 aromatic carbocycles. The minimum absolute atomic E-state index is 0.309. The van der Waals surface area contributed by atoms with Crippen molar-refractivity contribution in [2.24, 2.45) is 0 Å². The summed E-state index contributed by atoms with van der Waals surface area (Å²) < 4.78 is 28.9. The lowest BCUT2D eigenvalue weighted by Crippen LogP contribution is -2.41. The molecular formula is C24H25NO2S. The number of aryl methyl sites for hydroxylation is 3.